The molecule has 68 valence electrons. The van der Waals surface area contributed by atoms with Crippen LogP contribution >= 0.6 is 0 Å². The molecule has 0 atom stereocenters. The van der Waals surface area contributed by atoms with Crippen LogP contribution in [-0.2, 0) is 12.5 Å². The number of hydrogen-bond acceptors (Lipinski definition) is 1. The lowest BCUT2D eigenvalue weighted by Crippen LogP contribution is -2.21. The van der Waals surface area contributed by atoms with Gasteiger partial charge in [0.25, 0.3) is 0 Å². The molecule has 2 nitrogen and oxygen atoms in total. The van der Waals surface area contributed by atoms with Crippen molar-refractivity contribution >= 4 is 0 Å². The number of nitrogens with zero attached hydrogens (tertiary/aromatic N) is 1. The third-order valence-corrected chi connectivity index (χ3v) is 2.38. The van der Waals surface area contributed by atoms with Crippen molar-refractivity contribution in [1.82, 2.24) is 4.57 Å². The van der Waals surface area contributed by atoms with Crippen molar-refractivity contribution in [2.24, 2.45) is 12.8 Å². The Morgan fingerprint density at radius 2 is 2.17 bits per heavy atom. The van der Waals surface area contributed by atoms with Gasteiger partial charge in [-0.25, -0.2) is 0 Å². The molecule has 0 bridgehead atoms. The highest BCUT2D eigenvalue weighted by atomic mass is 14.9. The van der Waals surface area contributed by atoms with Crippen LogP contribution in [0.3, 0.4) is 0 Å². The molecule has 12 heavy (non-hydrogen) atoms. The standard InChI is InChI=1S/C10H18N2/c1-10(2,5-6-11)9-4-7-12(3)8-9/h4,7-8H,5-6,11H2,1-3H3. The Bertz CT molecular complexity index is 248. The Hall–Kier alpha value is -0.760. The van der Waals surface area contributed by atoms with E-state index in [2.05, 4.69) is 36.9 Å². The summed E-state index contributed by atoms with van der Waals surface area (Å²) in [6, 6.07) is 2.16. The molecule has 1 aromatic rings. The summed E-state index contributed by atoms with van der Waals surface area (Å²) in [7, 11) is 2.04. The van der Waals surface area contributed by atoms with E-state index in [1.807, 2.05) is 7.05 Å². The van der Waals surface area contributed by atoms with Crippen LogP contribution in [0.4, 0.5) is 0 Å². The molecule has 0 aliphatic carbocycles. The lowest BCUT2D eigenvalue weighted by Gasteiger charge is -2.22. The molecule has 0 aromatic carbocycles. The number of aryl methyl sites for hydroxylation is 1. The topological polar surface area (TPSA) is 30.9 Å². The van der Waals surface area contributed by atoms with Crippen molar-refractivity contribution < 1.29 is 0 Å². The molecule has 0 aliphatic heterocycles. The van der Waals surface area contributed by atoms with Crippen molar-refractivity contribution in [3.63, 3.8) is 0 Å². The van der Waals surface area contributed by atoms with Crippen molar-refractivity contribution in [2.45, 2.75) is 25.7 Å². The van der Waals surface area contributed by atoms with Crippen molar-refractivity contribution in [3.05, 3.63) is 24.0 Å². The van der Waals surface area contributed by atoms with Gasteiger partial charge in [0.05, 0.1) is 0 Å². The summed E-state index contributed by atoms with van der Waals surface area (Å²) in [6.07, 6.45) is 5.28. The third-order valence-electron chi connectivity index (χ3n) is 2.38. The summed E-state index contributed by atoms with van der Waals surface area (Å²) in [5.41, 5.74) is 7.14. The first-order valence-electron chi connectivity index (χ1n) is 4.39. The SMILES string of the molecule is Cn1ccc(C(C)(C)CCN)c1. The number of nitrogens with two attached hydrogens (primary N) is 1. The predicted molar refractivity (Wildman–Crippen MR) is 52.1 cm³/mol. The molecule has 1 aromatic heterocycles. The van der Waals surface area contributed by atoms with E-state index in [0.29, 0.717) is 0 Å². The summed E-state index contributed by atoms with van der Waals surface area (Å²) in [5.74, 6) is 0. The van der Waals surface area contributed by atoms with Crippen LogP contribution in [0.25, 0.3) is 0 Å². The van der Waals surface area contributed by atoms with Crippen LogP contribution in [0.1, 0.15) is 25.8 Å². The quantitative estimate of drug-likeness (QED) is 0.727. The maximum atomic E-state index is 5.55. The lowest BCUT2D eigenvalue weighted by molar-refractivity contribution is 0.487. The summed E-state index contributed by atoms with van der Waals surface area (Å²) < 4.78 is 2.08. The van der Waals surface area contributed by atoms with Gasteiger partial charge in [-0.2, -0.15) is 0 Å². The van der Waals surface area contributed by atoms with Gasteiger partial charge >= 0.3 is 0 Å². The molecule has 0 spiro atoms. The fourth-order valence-corrected chi connectivity index (χ4v) is 1.41. The third kappa shape index (κ3) is 1.89. The van der Waals surface area contributed by atoms with Gasteiger partial charge in [0, 0.05) is 19.4 Å². The van der Waals surface area contributed by atoms with Crippen LogP contribution in [-0.4, -0.2) is 11.1 Å². The van der Waals surface area contributed by atoms with Gasteiger partial charge in [0.2, 0.25) is 0 Å². The average Bonchev–Trinajstić information content (AvgIpc) is 2.36. The Labute approximate surface area is 74.4 Å². The second kappa shape index (κ2) is 3.31. The minimum atomic E-state index is 0.218. The molecule has 1 heterocycles. The number of rotatable bonds is 3. The lowest BCUT2D eigenvalue weighted by atomic mass is 9.83. The molecule has 0 aliphatic rings. The molecule has 2 N–H and O–H groups in total. The van der Waals surface area contributed by atoms with Gasteiger partial charge in [-0.15, -0.1) is 0 Å². The number of hydrogen-bond donors (Lipinski definition) is 1. The fraction of sp³-hybridized carbons (Fsp3) is 0.600. The molecular weight excluding hydrogens is 148 g/mol. The Kier molecular flexibility index (Phi) is 2.58. The first-order valence-corrected chi connectivity index (χ1v) is 4.39. The highest BCUT2D eigenvalue weighted by Crippen LogP contribution is 2.26. The first kappa shape index (κ1) is 9.33. The second-order valence-corrected chi connectivity index (χ2v) is 3.99. The fourth-order valence-electron chi connectivity index (χ4n) is 1.41. The van der Waals surface area contributed by atoms with E-state index < -0.39 is 0 Å². The maximum Gasteiger partial charge on any atom is 0.0106 e. The Morgan fingerprint density at radius 3 is 2.58 bits per heavy atom. The van der Waals surface area contributed by atoms with Gasteiger partial charge in [0.1, 0.15) is 0 Å². The molecular formula is C10H18N2. The molecule has 0 radical (unpaired) electrons. The molecule has 0 unspecified atom stereocenters. The van der Waals surface area contributed by atoms with E-state index in [-0.39, 0.29) is 5.41 Å². The van der Waals surface area contributed by atoms with Gasteiger partial charge in [-0.1, -0.05) is 13.8 Å². The first-order chi connectivity index (χ1) is 5.56. The van der Waals surface area contributed by atoms with Crippen molar-refractivity contribution in [2.75, 3.05) is 6.54 Å². The second-order valence-electron chi connectivity index (χ2n) is 3.99. The summed E-state index contributed by atoms with van der Waals surface area (Å²) >= 11 is 0. The minimum absolute atomic E-state index is 0.218. The van der Waals surface area contributed by atoms with Gasteiger partial charge < -0.3 is 10.3 Å². The van der Waals surface area contributed by atoms with Crippen LogP contribution < -0.4 is 5.73 Å². The van der Waals surface area contributed by atoms with Gasteiger partial charge in [0.15, 0.2) is 0 Å². The summed E-state index contributed by atoms with van der Waals surface area (Å²) in [4.78, 5) is 0. The zero-order chi connectivity index (χ0) is 9.19. The van der Waals surface area contributed by atoms with E-state index >= 15 is 0 Å². The maximum absolute atomic E-state index is 5.55. The monoisotopic (exact) mass is 166 g/mol. The van der Waals surface area contributed by atoms with E-state index in [1.54, 1.807) is 0 Å². The molecule has 2 heteroatoms. The summed E-state index contributed by atoms with van der Waals surface area (Å²) in [6.45, 7) is 5.21. The van der Waals surface area contributed by atoms with E-state index in [4.69, 9.17) is 5.73 Å². The molecule has 0 saturated heterocycles. The molecule has 0 amide bonds. The summed E-state index contributed by atoms with van der Waals surface area (Å²) in [5, 5.41) is 0. The van der Waals surface area contributed by atoms with E-state index in [0.717, 1.165) is 13.0 Å². The van der Waals surface area contributed by atoms with Crippen LogP contribution in [0, 0.1) is 0 Å². The Balaban J connectivity index is 2.81. The predicted octanol–water partition coefficient (Wildman–Crippen LogP) is 1.65. The average molecular weight is 166 g/mol. The van der Waals surface area contributed by atoms with E-state index in [1.165, 1.54) is 5.56 Å². The zero-order valence-electron chi connectivity index (χ0n) is 8.17. The van der Waals surface area contributed by atoms with Crippen LogP contribution in [0.2, 0.25) is 0 Å². The highest BCUT2D eigenvalue weighted by molar-refractivity contribution is 5.20. The molecule has 0 saturated carbocycles. The van der Waals surface area contributed by atoms with Crippen LogP contribution in [0.15, 0.2) is 18.5 Å². The molecule has 1 rings (SSSR count). The van der Waals surface area contributed by atoms with Gasteiger partial charge in [-0.05, 0) is 30.0 Å². The highest BCUT2D eigenvalue weighted by Gasteiger charge is 2.19. The largest absolute Gasteiger partial charge is 0.357 e. The van der Waals surface area contributed by atoms with E-state index in [9.17, 15) is 0 Å². The smallest absolute Gasteiger partial charge is 0.0106 e. The van der Waals surface area contributed by atoms with Crippen molar-refractivity contribution in [1.29, 1.82) is 0 Å². The van der Waals surface area contributed by atoms with Gasteiger partial charge in [-0.3, -0.25) is 0 Å². The van der Waals surface area contributed by atoms with Crippen molar-refractivity contribution in [3.8, 4) is 0 Å². The zero-order valence-corrected chi connectivity index (χ0v) is 8.17. The molecule has 0 fully saturated rings. The van der Waals surface area contributed by atoms with Crippen LogP contribution in [0.5, 0.6) is 0 Å². The normalized spacial score (nSPS) is 12.0. The Morgan fingerprint density at radius 1 is 1.50 bits per heavy atom. The minimum Gasteiger partial charge on any atom is -0.357 e. The number of aromatic nitrogens is 1.